The van der Waals surface area contributed by atoms with E-state index in [1.807, 2.05) is 60.7 Å². The lowest BCUT2D eigenvalue weighted by molar-refractivity contribution is -0.122. The fourth-order valence-corrected chi connectivity index (χ4v) is 3.85. The number of aliphatic imine (C=N–C) groups is 1. The van der Waals surface area contributed by atoms with Crippen molar-refractivity contribution in [3.8, 4) is 0 Å². The highest BCUT2D eigenvalue weighted by molar-refractivity contribution is 8.18. The van der Waals surface area contributed by atoms with Crippen LogP contribution in [0.1, 0.15) is 11.3 Å². The van der Waals surface area contributed by atoms with Gasteiger partial charge in [0.1, 0.15) is 5.76 Å². The second kappa shape index (κ2) is 7.86. The van der Waals surface area contributed by atoms with Crippen molar-refractivity contribution >= 4 is 46.2 Å². The SMILES string of the molecule is O=C1/C(=C\c2cccc(Cl)c2)SC(=Nc2ccccc2)N1Cc1ccco1. The molecule has 1 amide bonds. The van der Waals surface area contributed by atoms with Gasteiger partial charge in [-0.1, -0.05) is 41.9 Å². The first-order valence-electron chi connectivity index (χ1n) is 8.32. The van der Waals surface area contributed by atoms with Crippen molar-refractivity contribution in [3.05, 3.63) is 94.2 Å². The van der Waals surface area contributed by atoms with E-state index in [9.17, 15) is 4.79 Å². The molecule has 0 N–H and O–H groups in total. The Morgan fingerprint density at radius 1 is 1.07 bits per heavy atom. The first kappa shape index (κ1) is 17.6. The number of thioether (sulfide) groups is 1. The average molecular weight is 395 g/mol. The number of rotatable bonds is 4. The lowest BCUT2D eigenvalue weighted by Crippen LogP contribution is -2.28. The van der Waals surface area contributed by atoms with Gasteiger partial charge in [0.15, 0.2) is 5.17 Å². The molecule has 4 rings (SSSR count). The highest BCUT2D eigenvalue weighted by Crippen LogP contribution is 2.35. The summed E-state index contributed by atoms with van der Waals surface area (Å²) in [4.78, 5) is 19.9. The average Bonchev–Trinajstić information content (AvgIpc) is 3.27. The lowest BCUT2D eigenvalue weighted by atomic mass is 10.2. The predicted molar refractivity (Wildman–Crippen MR) is 110 cm³/mol. The summed E-state index contributed by atoms with van der Waals surface area (Å²) < 4.78 is 5.42. The maximum Gasteiger partial charge on any atom is 0.267 e. The van der Waals surface area contributed by atoms with E-state index in [2.05, 4.69) is 4.99 Å². The molecule has 0 bridgehead atoms. The summed E-state index contributed by atoms with van der Waals surface area (Å²) in [5.74, 6) is 0.597. The van der Waals surface area contributed by atoms with Crippen LogP contribution < -0.4 is 0 Å². The molecule has 0 atom stereocenters. The highest BCUT2D eigenvalue weighted by atomic mass is 35.5. The molecule has 134 valence electrons. The molecule has 1 aliphatic heterocycles. The third kappa shape index (κ3) is 4.15. The third-order valence-electron chi connectivity index (χ3n) is 3.91. The number of amides is 1. The Hall–Kier alpha value is -2.76. The van der Waals surface area contributed by atoms with Crippen LogP contribution in [0.25, 0.3) is 6.08 Å². The number of hydrogen-bond donors (Lipinski definition) is 0. The molecule has 1 aliphatic rings. The van der Waals surface area contributed by atoms with Crippen molar-refractivity contribution in [3.63, 3.8) is 0 Å². The second-order valence-electron chi connectivity index (χ2n) is 5.87. The van der Waals surface area contributed by atoms with E-state index in [1.165, 1.54) is 11.8 Å². The number of hydrogen-bond acceptors (Lipinski definition) is 4. The Balaban J connectivity index is 1.69. The van der Waals surface area contributed by atoms with Crippen LogP contribution in [0.4, 0.5) is 5.69 Å². The van der Waals surface area contributed by atoms with Gasteiger partial charge in [-0.2, -0.15) is 0 Å². The minimum atomic E-state index is -0.106. The molecule has 1 fully saturated rings. The number of carbonyl (C=O) groups is 1. The van der Waals surface area contributed by atoms with Gasteiger partial charge in [0.25, 0.3) is 5.91 Å². The van der Waals surface area contributed by atoms with Gasteiger partial charge in [-0.3, -0.25) is 9.69 Å². The van der Waals surface area contributed by atoms with Crippen molar-refractivity contribution in [2.75, 3.05) is 0 Å². The quantitative estimate of drug-likeness (QED) is 0.530. The second-order valence-corrected chi connectivity index (χ2v) is 7.31. The van der Waals surface area contributed by atoms with Crippen LogP contribution in [-0.4, -0.2) is 16.0 Å². The Bertz CT molecular complexity index is 1010. The van der Waals surface area contributed by atoms with Crippen molar-refractivity contribution < 1.29 is 9.21 Å². The molecule has 0 radical (unpaired) electrons. The summed E-state index contributed by atoms with van der Waals surface area (Å²) in [5.41, 5.74) is 1.67. The Kier molecular flexibility index (Phi) is 5.14. The number of nitrogens with zero attached hydrogens (tertiary/aromatic N) is 2. The van der Waals surface area contributed by atoms with Gasteiger partial charge in [-0.05, 0) is 59.8 Å². The van der Waals surface area contributed by atoms with Crippen LogP contribution in [0.15, 0.2) is 87.3 Å². The molecule has 0 saturated carbocycles. The molecule has 6 heteroatoms. The van der Waals surface area contributed by atoms with Crippen LogP contribution in [0.3, 0.4) is 0 Å². The first-order valence-corrected chi connectivity index (χ1v) is 9.51. The van der Waals surface area contributed by atoms with E-state index in [1.54, 1.807) is 23.3 Å². The predicted octanol–water partition coefficient (Wildman–Crippen LogP) is 5.74. The van der Waals surface area contributed by atoms with Gasteiger partial charge in [0.05, 0.1) is 23.4 Å². The maximum absolute atomic E-state index is 13.0. The maximum atomic E-state index is 13.0. The van der Waals surface area contributed by atoms with E-state index in [-0.39, 0.29) is 5.91 Å². The van der Waals surface area contributed by atoms with Crippen molar-refractivity contribution in [2.45, 2.75) is 6.54 Å². The van der Waals surface area contributed by atoms with Crippen LogP contribution in [0.2, 0.25) is 5.02 Å². The normalized spacial score (nSPS) is 17.2. The zero-order valence-corrected chi connectivity index (χ0v) is 15.8. The summed E-state index contributed by atoms with van der Waals surface area (Å²) in [6.07, 6.45) is 3.43. The standard InChI is InChI=1S/C21H15ClN2O2S/c22-16-7-4-6-15(12-16)13-19-20(25)24(14-18-10-5-11-26-18)21(27-19)23-17-8-2-1-3-9-17/h1-13H,14H2/b19-13+,23-21?. The number of benzene rings is 2. The zero-order chi connectivity index (χ0) is 18.6. The third-order valence-corrected chi connectivity index (χ3v) is 5.15. The van der Waals surface area contributed by atoms with E-state index >= 15 is 0 Å². The van der Waals surface area contributed by atoms with Crippen LogP contribution in [-0.2, 0) is 11.3 Å². The molecule has 0 unspecified atom stereocenters. The zero-order valence-electron chi connectivity index (χ0n) is 14.2. The van der Waals surface area contributed by atoms with Crippen molar-refractivity contribution in [1.82, 2.24) is 4.90 Å². The molecule has 27 heavy (non-hydrogen) atoms. The lowest BCUT2D eigenvalue weighted by Gasteiger charge is -2.13. The van der Waals surface area contributed by atoms with E-state index in [4.69, 9.17) is 16.0 Å². The van der Waals surface area contributed by atoms with E-state index in [0.717, 1.165) is 11.3 Å². The summed E-state index contributed by atoms with van der Waals surface area (Å²) >= 11 is 7.41. The number of furan rings is 1. The van der Waals surface area contributed by atoms with Gasteiger partial charge in [0.2, 0.25) is 0 Å². The van der Waals surface area contributed by atoms with E-state index in [0.29, 0.717) is 27.4 Å². The summed E-state index contributed by atoms with van der Waals surface area (Å²) in [5, 5.41) is 1.25. The topological polar surface area (TPSA) is 45.8 Å². The monoisotopic (exact) mass is 394 g/mol. The largest absolute Gasteiger partial charge is 0.467 e. The molecule has 1 saturated heterocycles. The molecule has 4 nitrogen and oxygen atoms in total. The minimum absolute atomic E-state index is 0.106. The molecular formula is C21H15ClN2O2S. The summed E-state index contributed by atoms with van der Waals surface area (Å²) in [7, 11) is 0. The Morgan fingerprint density at radius 2 is 1.93 bits per heavy atom. The number of para-hydroxylation sites is 1. The van der Waals surface area contributed by atoms with Crippen LogP contribution >= 0.6 is 23.4 Å². The summed E-state index contributed by atoms with van der Waals surface area (Å²) in [6.45, 7) is 0.331. The van der Waals surface area contributed by atoms with Crippen molar-refractivity contribution in [1.29, 1.82) is 0 Å². The number of amidine groups is 1. The fourth-order valence-electron chi connectivity index (χ4n) is 2.65. The Morgan fingerprint density at radius 3 is 2.67 bits per heavy atom. The van der Waals surface area contributed by atoms with E-state index < -0.39 is 0 Å². The first-order chi connectivity index (χ1) is 13.2. The molecule has 3 aromatic rings. The van der Waals surface area contributed by atoms with Crippen LogP contribution in [0.5, 0.6) is 0 Å². The van der Waals surface area contributed by atoms with Gasteiger partial charge < -0.3 is 4.42 Å². The molecule has 0 aliphatic carbocycles. The molecule has 2 heterocycles. The summed E-state index contributed by atoms with van der Waals surface area (Å²) in [6, 6.07) is 20.6. The van der Waals surface area contributed by atoms with Gasteiger partial charge >= 0.3 is 0 Å². The fraction of sp³-hybridized carbons (Fsp3) is 0.0476. The van der Waals surface area contributed by atoms with Gasteiger partial charge in [-0.15, -0.1) is 0 Å². The van der Waals surface area contributed by atoms with Gasteiger partial charge in [-0.25, -0.2) is 4.99 Å². The number of halogens is 1. The molecule has 1 aromatic heterocycles. The molecule has 2 aromatic carbocycles. The molecular weight excluding hydrogens is 380 g/mol. The van der Waals surface area contributed by atoms with Crippen LogP contribution in [0, 0.1) is 0 Å². The van der Waals surface area contributed by atoms with Crippen molar-refractivity contribution in [2.24, 2.45) is 4.99 Å². The van der Waals surface area contributed by atoms with Gasteiger partial charge in [0, 0.05) is 5.02 Å². The Labute approximate surface area is 166 Å². The molecule has 0 spiro atoms. The minimum Gasteiger partial charge on any atom is -0.467 e. The smallest absolute Gasteiger partial charge is 0.267 e. The number of carbonyl (C=O) groups excluding carboxylic acids is 1. The highest BCUT2D eigenvalue weighted by Gasteiger charge is 2.34.